The number of hydrogen-bond acceptors (Lipinski definition) is 4. The van der Waals surface area contributed by atoms with E-state index in [1.807, 2.05) is 0 Å². The van der Waals surface area contributed by atoms with Gasteiger partial charge in [0.15, 0.2) is 0 Å². The zero-order chi connectivity index (χ0) is 18.9. The van der Waals surface area contributed by atoms with E-state index in [9.17, 15) is 22.8 Å². The monoisotopic (exact) mass is 383 g/mol. The summed E-state index contributed by atoms with van der Waals surface area (Å²) in [5, 5.41) is 0.406. The number of H-pyrrole nitrogens is 1. The van der Waals surface area contributed by atoms with E-state index in [-0.39, 0.29) is 16.7 Å². The Morgan fingerprint density at radius 3 is 2.50 bits per heavy atom. The molecule has 0 atom stereocenters. The second-order valence-electron chi connectivity index (χ2n) is 5.13. The molecule has 0 unspecified atom stereocenters. The van der Waals surface area contributed by atoms with Crippen LogP contribution in [0.3, 0.4) is 0 Å². The minimum Gasteiger partial charge on any atom is -0.420 e. The summed E-state index contributed by atoms with van der Waals surface area (Å²) in [6.45, 7) is 0. The number of nitrogens with one attached hydrogen (secondary N) is 1. The molecule has 3 aromatic rings. The molecule has 0 fully saturated rings. The molecule has 0 bridgehead atoms. The molecule has 0 aliphatic carbocycles. The summed E-state index contributed by atoms with van der Waals surface area (Å²) in [6.07, 6.45) is -3.66. The van der Waals surface area contributed by atoms with E-state index >= 15 is 0 Å². The van der Waals surface area contributed by atoms with Crippen LogP contribution in [0.5, 0.6) is 11.5 Å². The molecule has 26 heavy (non-hydrogen) atoms. The van der Waals surface area contributed by atoms with Gasteiger partial charge in [-0.05, 0) is 36.4 Å². The Morgan fingerprint density at radius 2 is 1.81 bits per heavy atom. The molecule has 0 saturated carbocycles. The van der Waals surface area contributed by atoms with Crippen LogP contribution in [0.25, 0.3) is 10.9 Å². The zero-order valence-electron chi connectivity index (χ0n) is 12.8. The molecular formula is C17H9ClF3NO4. The standard InChI is InChI=1S/C17H9ClF3NO4/c18-9-2-1-3-10(6-9)25-16(24)15(23)13-8-22-14-5-4-11(7-12(13)14)26-17(19,20)21/h1-8,22H. The first-order valence-corrected chi connectivity index (χ1v) is 7.50. The molecule has 0 spiro atoms. The van der Waals surface area contributed by atoms with Crippen molar-refractivity contribution < 1.29 is 32.2 Å². The maximum absolute atomic E-state index is 12.3. The number of ether oxygens (including phenoxy) is 2. The number of carbonyl (C=O) groups excluding carboxylic acids is 2. The average Bonchev–Trinajstić information content (AvgIpc) is 2.95. The highest BCUT2D eigenvalue weighted by Crippen LogP contribution is 2.28. The van der Waals surface area contributed by atoms with E-state index in [0.717, 1.165) is 12.1 Å². The number of hydrogen-bond donors (Lipinski definition) is 1. The van der Waals surface area contributed by atoms with Crippen LogP contribution in [-0.2, 0) is 4.79 Å². The Balaban J connectivity index is 1.87. The highest BCUT2D eigenvalue weighted by atomic mass is 35.5. The van der Waals surface area contributed by atoms with Crippen LogP contribution in [0.2, 0.25) is 5.02 Å². The van der Waals surface area contributed by atoms with Crippen molar-refractivity contribution in [2.24, 2.45) is 0 Å². The van der Waals surface area contributed by atoms with E-state index < -0.39 is 23.9 Å². The molecule has 3 rings (SSSR count). The van der Waals surface area contributed by atoms with Crippen LogP contribution in [0.4, 0.5) is 13.2 Å². The Labute approximate surface area is 149 Å². The molecule has 0 radical (unpaired) electrons. The van der Waals surface area contributed by atoms with Gasteiger partial charge in [0.2, 0.25) is 0 Å². The molecule has 5 nitrogen and oxygen atoms in total. The van der Waals surface area contributed by atoms with Gasteiger partial charge in [0.25, 0.3) is 5.78 Å². The van der Waals surface area contributed by atoms with Gasteiger partial charge in [0, 0.05) is 22.1 Å². The van der Waals surface area contributed by atoms with Crippen LogP contribution < -0.4 is 9.47 Å². The van der Waals surface area contributed by atoms with Gasteiger partial charge < -0.3 is 14.5 Å². The van der Waals surface area contributed by atoms with Gasteiger partial charge in [-0.3, -0.25) is 4.79 Å². The molecule has 0 saturated heterocycles. The third-order valence-electron chi connectivity index (χ3n) is 3.32. The summed E-state index contributed by atoms with van der Waals surface area (Å²) in [5.74, 6) is -2.67. The van der Waals surface area contributed by atoms with E-state index in [1.54, 1.807) is 6.07 Å². The van der Waals surface area contributed by atoms with Gasteiger partial charge >= 0.3 is 12.3 Å². The molecule has 1 aromatic heterocycles. The lowest BCUT2D eigenvalue weighted by atomic mass is 10.1. The average molecular weight is 384 g/mol. The van der Waals surface area contributed by atoms with Gasteiger partial charge in [-0.25, -0.2) is 4.79 Å². The summed E-state index contributed by atoms with van der Waals surface area (Å²) in [5.41, 5.74) is 0.220. The number of benzene rings is 2. The number of ketones is 1. The van der Waals surface area contributed by atoms with Crippen molar-refractivity contribution in [3.05, 3.63) is 59.2 Å². The second-order valence-corrected chi connectivity index (χ2v) is 5.57. The van der Waals surface area contributed by atoms with Crippen molar-refractivity contribution in [3.63, 3.8) is 0 Å². The van der Waals surface area contributed by atoms with Crippen molar-refractivity contribution in [1.29, 1.82) is 0 Å². The number of Topliss-reactive ketones (excluding diaryl/α,β-unsaturated/α-hetero) is 1. The van der Waals surface area contributed by atoms with E-state index in [2.05, 4.69) is 9.72 Å². The van der Waals surface area contributed by atoms with E-state index in [0.29, 0.717) is 10.5 Å². The smallest absolute Gasteiger partial charge is 0.420 e. The number of fused-ring (bicyclic) bond motifs is 1. The molecule has 1 N–H and O–H groups in total. The first-order chi connectivity index (χ1) is 12.2. The number of alkyl halides is 3. The van der Waals surface area contributed by atoms with Crippen LogP contribution in [0.1, 0.15) is 10.4 Å². The summed E-state index contributed by atoms with van der Waals surface area (Å²) in [4.78, 5) is 27.1. The molecule has 134 valence electrons. The summed E-state index contributed by atoms with van der Waals surface area (Å²) < 4.78 is 45.8. The summed E-state index contributed by atoms with van der Waals surface area (Å²) in [6, 6.07) is 9.27. The Morgan fingerprint density at radius 1 is 1.04 bits per heavy atom. The molecule has 1 heterocycles. The van der Waals surface area contributed by atoms with Crippen LogP contribution in [-0.4, -0.2) is 23.1 Å². The molecule has 2 aromatic carbocycles. The fourth-order valence-electron chi connectivity index (χ4n) is 2.28. The van der Waals surface area contributed by atoms with Crippen LogP contribution in [0.15, 0.2) is 48.7 Å². The third kappa shape index (κ3) is 3.97. The molecule has 0 aliphatic rings. The van der Waals surface area contributed by atoms with Gasteiger partial charge in [-0.1, -0.05) is 17.7 Å². The lowest BCUT2D eigenvalue weighted by molar-refractivity contribution is -0.274. The second kappa shape index (κ2) is 6.72. The minimum atomic E-state index is -4.88. The predicted octanol–water partition coefficient (Wildman–Crippen LogP) is 4.51. The highest BCUT2D eigenvalue weighted by molar-refractivity contribution is 6.43. The number of halogens is 4. The highest BCUT2D eigenvalue weighted by Gasteiger charge is 2.31. The number of carbonyl (C=O) groups is 2. The van der Waals surface area contributed by atoms with Crippen LogP contribution >= 0.6 is 11.6 Å². The number of aromatic amines is 1. The quantitative estimate of drug-likeness (QED) is 0.311. The lowest BCUT2D eigenvalue weighted by Crippen LogP contribution is -2.20. The number of aromatic nitrogens is 1. The van der Waals surface area contributed by atoms with Gasteiger partial charge in [0.1, 0.15) is 11.5 Å². The molecule has 0 aliphatic heterocycles. The fourth-order valence-corrected chi connectivity index (χ4v) is 2.46. The van der Waals surface area contributed by atoms with Crippen molar-refractivity contribution in [3.8, 4) is 11.5 Å². The van der Waals surface area contributed by atoms with E-state index in [4.69, 9.17) is 16.3 Å². The summed E-state index contributed by atoms with van der Waals surface area (Å²) in [7, 11) is 0. The first kappa shape index (κ1) is 17.8. The van der Waals surface area contributed by atoms with Crippen LogP contribution in [0, 0.1) is 0 Å². The molecule has 0 amide bonds. The Bertz CT molecular complexity index is 997. The minimum absolute atomic E-state index is 0.0665. The van der Waals surface area contributed by atoms with Crippen molar-refractivity contribution in [2.75, 3.05) is 0 Å². The number of esters is 1. The lowest BCUT2D eigenvalue weighted by Gasteiger charge is -2.08. The van der Waals surface area contributed by atoms with Gasteiger partial charge in [-0.2, -0.15) is 0 Å². The Hall–Kier alpha value is -3.00. The Kier molecular flexibility index (Phi) is 4.60. The largest absolute Gasteiger partial charge is 0.573 e. The van der Waals surface area contributed by atoms with Crippen molar-refractivity contribution in [2.45, 2.75) is 6.36 Å². The van der Waals surface area contributed by atoms with E-state index in [1.165, 1.54) is 30.5 Å². The maximum Gasteiger partial charge on any atom is 0.573 e. The van der Waals surface area contributed by atoms with Crippen molar-refractivity contribution >= 4 is 34.3 Å². The third-order valence-corrected chi connectivity index (χ3v) is 3.56. The molecule has 9 heteroatoms. The number of rotatable bonds is 4. The SMILES string of the molecule is O=C(Oc1cccc(Cl)c1)C(=O)c1c[nH]c2ccc(OC(F)(F)F)cc12. The maximum atomic E-state index is 12.3. The fraction of sp³-hybridized carbons (Fsp3) is 0.0588. The topological polar surface area (TPSA) is 68.4 Å². The zero-order valence-corrected chi connectivity index (χ0v) is 13.5. The van der Waals surface area contributed by atoms with Gasteiger partial charge in [-0.15, -0.1) is 13.2 Å². The summed E-state index contributed by atoms with van der Waals surface area (Å²) >= 11 is 5.77. The molecular weight excluding hydrogens is 375 g/mol. The van der Waals surface area contributed by atoms with Crippen molar-refractivity contribution in [1.82, 2.24) is 4.98 Å². The normalized spacial score (nSPS) is 11.4. The predicted molar refractivity (Wildman–Crippen MR) is 86.4 cm³/mol. The first-order valence-electron chi connectivity index (χ1n) is 7.12. The van der Waals surface area contributed by atoms with Gasteiger partial charge in [0.05, 0.1) is 5.56 Å².